The lowest BCUT2D eigenvalue weighted by Crippen LogP contribution is -2.39. The minimum atomic E-state index is -0.249. The van der Waals surface area contributed by atoms with Crippen LogP contribution >= 0.6 is 0 Å². The van der Waals surface area contributed by atoms with Crippen LogP contribution < -0.4 is 10.1 Å². The third-order valence-electron chi connectivity index (χ3n) is 3.59. The molecule has 1 heterocycles. The molecule has 0 spiro atoms. The molecule has 23 heavy (non-hydrogen) atoms. The van der Waals surface area contributed by atoms with E-state index in [0.29, 0.717) is 19.4 Å². The van der Waals surface area contributed by atoms with Crippen LogP contribution in [0, 0.1) is 0 Å². The van der Waals surface area contributed by atoms with E-state index in [9.17, 15) is 9.59 Å². The first-order valence-corrected chi connectivity index (χ1v) is 8.38. The van der Waals surface area contributed by atoms with Crippen LogP contribution in [0.3, 0.4) is 0 Å². The van der Waals surface area contributed by atoms with Gasteiger partial charge in [-0.2, -0.15) is 0 Å². The normalized spacial score (nSPS) is 17.1. The van der Waals surface area contributed by atoms with E-state index in [2.05, 4.69) is 5.32 Å². The van der Waals surface area contributed by atoms with Crippen LogP contribution in [0.2, 0.25) is 0 Å². The van der Waals surface area contributed by atoms with Gasteiger partial charge in [0.25, 0.3) is 0 Å². The number of rotatable bonds is 7. The summed E-state index contributed by atoms with van der Waals surface area (Å²) in [4.78, 5) is 22.9. The highest BCUT2D eigenvalue weighted by molar-refractivity contribution is 6.00. The lowest BCUT2D eigenvalue weighted by Gasteiger charge is -2.21. The van der Waals surface area contributed by atoms with E-state index in [4.69, 9.17) is 9.84 Å². The molecule has 1 fully saturated rings. The molecule has 2 amide bonds. The van der Waals surface area contributed by atoms with Gasteiger partial charge in [-0.05, 0) is 43.4 Å². The van der Waals surface area contributed by atoms with Gasteiger partial charge in [0.2, 0.25) is 11.8 Å². The fourth-order valence-electron chi connectivity index (χ4n) is 2.39. The first-order valence-electron chi connectivity index (χ1n) is 8.38. The number of nitrogens with one attached hydrogen (secondary N) is 1. The van der Waals surface area contributed by atoms with Gasteiger partial charge in [0.15, 0.2) is 0 Å². The number of aliphatic hydroxyl groups excluding tert-OH is 1. The molecule has 1 unspecified atom stereocenters. The van der Waals surface area contributed by atoms with E-state index in [1.807, 2.05) is 38.1 Å². The molecule has 2 rings (SSSR count). The Morgan fingerprint density at radius 3 is 2.43 bits per heavy atom. The van der Waals surface area contributed by atoms with Crippen molar-refractivity contribution in [3.63, 3.8) is 0 Å². The van der Waals surface area contributed by atoms with Gasteiger partial charge in [-0.25, -0.2) is 0 Å². The molecule has 0 aliphatic carbocycles. The maximum atomic E-state index is 11.8. The molecule has 128 valence electrons. The maximum Gasteiger partial charge on any atom is 0.234 e. The highest BCUT2D eigenvalue weighted by Crippen LogP contribution is 2.26. The molecule has 0 aromatic heterocycles. The van der Waals surface area contributed by atoms with Crippen molar-refractivity contribution in [2.45, 2.75) is 51.9 Å². The summed E-state index contributed by atoms with van der Waals surface area (Å²) in [5.41, 5.74) is 0.910. The molecule has 5 heteroatoms. The monoisotopic (exact) mass is 321 g/mol. The zero-order valence-electron chi connectivity index (χ0n) is 14.0. The summed E-state index contributed by atoms with van der Waals surface area (Å²) in [6.45, 7) is 4.85. The van der Waals surface area contributed by atoms with E-state index >= 15 is 0 Å². The predicted octanol–water partition coefficient (Wildman–Crippen LogP) is 2.77. The highest BCUT2D eigenvalue weighted by atomic mass is 16.5. The first-order chi connectivity index (χ1) is 11.2. The summed E-state index contributed by atoms with van der Waals surface area (Å²) in [5.74, 6) is 0.111. The molecule has 0 saturated carbocycles. The Bertz CT molecular complexity index is 484. The van der Waals surface area contributed by atoms with Gasteiger partial charge in [-0.3, -0.25) is 14.9 Å². The molecular formula is C18H27NO4. The van der Waals surface area contributed by atoms with Gasteiger partial charge in [0.1, 0.15) is 5.75 Å². The van der Waals surface area contributed by atoms with Crippen LogP contribution in [0.1, 0.15) is 57.4 Å². The summed E-state index contributed by atoms with van der Waals surface area (Å²) < 4.78 is 5.60. The minimum absolute atomic E-state index is 0.195. The quantitative estimate of drug-likeness (QED) is 0.598. The van der Waals surface area contributed by atoms with Gasteiger partial charge < -0.3 is 9.84 Å². The first kappa shape index (κ1) is 19.2. The van der Waals surface area contributed by atoms with Gasteiger partial charge >= 0.3 is 0 Å². The van der Waals surface area contributed by atoms with Gasteiger partial charge in [0.05, 0.1) is 12.5 Å². The van der Waals surface area contributed by atoms with Crippen LogP contribution in [0.15, 0.2) is 24.3 Å². The highest BCUT2D eigenvalue weighted by Gasteiger charge is 2.27. The Labute approximate surface area is 138 Å². The number of carbonyl (C=O) groups is 2. The predicted molar refractivity (Wildman–Crippen MR) is 89.3 cm³/mol. The van der Waals surface area contributed by atoms with E-state index < -0.39 is 0 Å². The number of carbonyl (C=O) groups excluding carboxylic acids is 2. The van der Waals surface area contributed by atoms with Gasteiger partial charge in [0, 0.05) is 13.0 Å². The largest absolute Gasteiger partial charge is 0.494 e. The number of unbranched alkanes of at least 4 members (excludes halogenated alkanes) is 2. The minimum Gasteiger partial charge on any atom is -0.494 e. The molecular weight excluding hydrogens is 294 g/mol. The van der Waals surface area contributed by atoms with Crippen LogP contribution in [0.4, 0.5) is 0 Å². The van der Waals surface area contributed by atoms with Crippen LogP contribution in [-0.4, -0.2) is 30.1 Å². The number of amides is 2. The fraction of sp³-hybridized carbons (Fsp3) is 0.556. The Balaban J connectivity index is 0.00000127. The second-order valence-electron chi connectivity index (χ2n) is 5.21. The van der Waals surface area contributed by atoms with Crippen molar-refractivity contribution >= 4 is 11.8 Å². The number of imide groups is 1. The SMILES string of the molecule is CC.O=C1CCC(c2ccc(OCCCCCO)cc2)C(=O)N1. The molecule has 1 aromatic carbocycles. The van der Waals surface area contributed by atoms with Crippen molar-refractivity contribution in [3.05, 3.63) is 29.8 Å². The third kappa shape index (κ3) is 6.40. The number of hydrogen-bond donors (Lipinski definition) is 2. The number of ether oxygens (including phenoxy) is 1. The zero-order chi connectivity index (χ0) is 17.1. The van der Waals surface area contributed by atoms with E-state index in [0.717, 1.165) is 30.6 Å². The van der Waals surface area contributed by atoms with Gasteiger partial charge in [-0.15, -0.1) is 0 Å². The number of hydrogen-bond acceptors (Lipinski definition) is 4. The van der Waals surface area contributed by atoms with Crippen molar-refractivity contribution in [1.82, 2.24) is 5.32 Å². The molecule has 0 bridgehead atoms. The van der Waals surface area contributed by atoms with Crippen molar-refractivity contribution in [3.8, 4) is 5.75 Å². The average molecular weight is 321 g/mol. The summed E-state index contributed by atoms with van der Waals surface area (Å²) in [5, 5.41) is 11.0. The summed E-state index contributed by atoms with van der Waals surface area (Å²) in [6.07, 6.45) is 3.61. The Morgan fingerprint density at radius 2 is 1.83 bits per heavy atom. The Kier molecular flexibility index (Phi) is 8.98. The smallest absolute Gasteiger partial charge is 0.234 e. The number of piperidine rings is 1. The molecule has 1 saturated heterocycles. The second kappa shape index (κ2) is 10.8. The lowest BCUT2D eigenvalue weighted by atomic mass is 9.90. The summed E-state index contributed by atoms with van der Waals surface area (Å²) in [6, 6.07) is 7.46. The zero-order valence-corrected chi connectivity index (χ0v) is 14.0. The van der Waals surface area contributed by atoms with Crippen LogP contribution in [0.5, 0.6) is 5.75 Å². The van der Waals surface area contributed by atoms with Gasteiger partial charge in [-0.1, -0.05) is 26.0 Å². The fourth-order valence-corrected chi connectivity index (χ4v) is 2.39. The lowest BCUT2D eigenvalue weighted by molar-refractivity contribution is -0.134. The molecule has 1 aliphatic rings. The van der Waals surface area contributed by atoms with E-state index in [-0.39, 0.29) is 24.3 Å². The maximum absolute atomic E-state index is 11.8. The second-order valence-corrected chi connectivity index (χ2v) is 5.21. The van der Waals surface area contributed by atoms with Crippen molar-refractivity contribution in [1.29, 1.82) is 0 Å². The molecule has 1 aromatic rings. The number of benzene rings is 1. The Hall–Kier alpha value is -1.88. The molecule has 0 radical (unpaired) electrons. The van der Waals surface area contributed by atoms with Crippen LogP contribution in [-0.2, 0) is 9.59 Å². The molecule has 1 atom stereocenters. The third-order valence-corrected chi connectivity index (χ3v) is 3.59. The van der Waals surface area contributed by atoms with Crippen molar-refractivity contribution < 1.29 is 19.4 Å². The molecule has 5 nitrogen and oxygen atoms in total. The molecule has 2 N–H and O–H groups in total. The van der Waals surface area contributed by atoms with E-state index in [1.165, 1.54) is 0 Å². The summed E-state index contributed by atoms with van der Waals surface area (Å²) >= 11 is 0. The Morgan fingerprint density at radius 1 is 1.13 bits per heavy atom. The molecule has 1 aliphatic heterocycles. The van der Waals surface area contributed by atoms with Crippen LogP contribution in [0.25, 0.3) is 0 Å². The standard InChI is InChI=1S/C16H21NO4.C2H6/c18-10-2-1-3-11-21-13-6-4-12(5-7-13)14-8-9-15(19)17-16(14)20;1-2/h4-7,14,18H,1-3,8-11H2,(H,17,19,20);1-2H3. The average Bonchev–Trinajstić information content (AvgIpc) is 2.57. The van der Waals surface area contributed by atoms with Crippen molar-refractivity contribution in [2.75, 3.05) is 13.2 Å². The topological polar surface area (TPSA) is 75.6 Å². The van der Waals surface area contributed by atoms with Crippen molar-refractivity contribution in [2.24, 2.45) is 0 Å². The number of aliphatic hydroxyl groups is 1. The van der Waals surface area contributed by atoms with E-state index in [1.54, 1.807) is 0 Å². The summed E-state index contributed by atoms with van der Waals surface area (Å²) in [7, 11) is 0.